The molecule has 2 N–H and O–H groups in total. The van der Waals surface area contributed by atoms with Gasteiger partial charge in [0.2, 0.25) is 0 Å². The Balaban J connectivity index is 0.00000200. The lowest BCUT2D eigenvalue weighted by molar-refractivity contribution is 0.308. The largest absolute Gasteiger partial charge is 0.504 e. The molecule has 20 heavy (non-hydrogen) atoms. The number of hydrogen-bond donors (Lipinski definition) is 2. The third-order valence-electron chi connectivity index (χ3n) is 3.61. The molecule has 0 unspecified atom stereocenters. The molecule has 0 spiro atoms. The van der Waals surface area contributed by atoms with Crippen molar-refractivity contribution in [3.63, 3.8) is 0 Å². The highest BCUT2D eigenvalue weighted by molar-refractivity contribution is 5.86. The van der Waals surface area contributed by atoms with Crippen molar-refractivity contribution < 1.29 is 10.2 Å². The minimum atomic E-state index is -0.0663. The zero-order chi connectivity index (χ0) is 13.8. The van der Waals surface area contributed by atoms with E-state index in [0.717, 1.165) is 36.8 Å². The Bertz CT molecular complexity index is 568. The lowest BCUT2D eigenvalue weighted by Gasteiger charge is -2.17. The number of nitrogens with zero attached hydrogens (tertiary/aromatic N) is 1. The summed E-state index contributed by atoms with van der Waals surface area (Å²) in [5.74, 6) is -0.128. The summed E-state index contributed by atoms with van der Waals surface area (Å²) >= 11 is 0. The Morgan fingerprint density at radius 1 is 0.900 bits per heavy atom. The van der Waals surface area contributed by atoms with Crippen LogP contribution in [-0.4, -0.2) is 34.7 Å². The number of rotatable bonds is 5. The molecule has 0 amide bonds. The molecule has 0 radical (unpaired) electrons. The number of aromatic hydroxyl groups is 2. The molecule has 3 nitrogen and oxygen atoms in total. The molecule has 0 aliphatic carbocycles. The van der Waals surface area contributed by atoms with Gasteiger partial charge in [0.1, 0.15) is 0 Å². The predicted molar refractivity (Wildman–Crippen MR) is 86.0 cm³/mol. The molecule has 0 saturated carbocycles. The quantitative estimate of drug-likeness (QED) is 0.829. The number of fused-ring (bicyclic) bond motifs is 1. The van der Waals surface area contributed by atoms with E-state index in [1.807, 2.05) is 6.07 Å². The summed E-state index contributed by atoms with van der Waals surface area (Å²) < 4.78 is 0. The molecule has 2 rings (SSSR count). The van der Waals surface area contributed by atoms with Gasteiger partial charge in [0.15, 0.2) is 11.5 Å². The van der Waals surface area contributed by atoms with Gasteiger partial charge in [-0.25, -0.2) is 0 Å². The summed E-state index contributed by atoms with van der Waals surface area (Å²) in [6.07, 6.45) is 0.999. The summed E-state index contributed by atoms with van der Waals surface area (Å²) in [4.78, 5) is 2.39. The van der Waals surface area contributed by atoms with Crippen molar-refractivity contribution in [1.29, 1.82) is 0 Å². The van der Waals surface area contributed by atoms with Gasteiger partial charge in [-0.1, -0.05) is 32.0 Å². The van der Waals surface area contributed by atoms with Crippen LogP contribution in [0.2, 0.25) is 0 Å². The minimum Gasteiger partial charge on any atom is -0.504 e. The van der Waals surface area contributed by atoms with Crippen LogP contribution in [0.4, 0.5) is 0 Å². The predicted octanol–water partition coefficient (Wildman–Crippen LogP) is 3.56. The first kappa shape index (κ1) is 16.6. The summed E-state index contributed by atoms with van der Waals surface area (Å²) in [5.41, 5.74) is 1.25. The normalized spacial score (nSPS) is 10.8. The Labute approximate surface area is 126 Å². The molecular formula is C16H22ClNO2. The molecule has 110 valence electrons. The second kappa shape index (κ2) is 7.36. The number of halogens is 1. The van der Waals surface area contributed by atoms with E-state index in [2.05, 4.69) is 30.9 Å². The first-order chi connectivity index (χ1) is 9.13. The van der Waals surface area contributed by atoms with E-state index >= 15 is 0 Å². The van der Waals surface area contributed by atoms with E-state index in [1.165, 1.54) is 5.56 Å². The van der Waals surface area contributed by atoms with E-state index in [4.69, 9.17) is 0 Å². The van der Waals surface area contributed by atoms with Crippen molar-refractivity contribution in [2.75, 3.05) is 19.6 Å². The monoisotopic (exact) mass is 295 g/mol. The first-order valence-corrected chi connectivity index (χ1v) is 6.81. The van der Waals surface area contributed by atoms with Crippen LogP contribution >= 0.6 is 12.4 Å². The molecule has 0 atom stereocenters. The van der Waals surface area contributed by atoms with Gasteiger partial charge in [-0.2, -0.15) is 0 Å². The number of hydrogen-bond acceptors (Lipinski definition) is 3. The molecule has 2 aromatic rings. The van der Waals surface area contributed by atoms with Crippen LogP contribution in [0.1, 0.15) is 19.4 Å². The summed E-state index contributed by atoms with van der Waals surface area (Å²) in [5, 5.41) is 20.9. The van der Waals surface area contributed by atoms with Gasteiger partial charge in [0.05, 0.1) is 0 Å². The lowest BCUT2D eigenvalue weighted by atomic mass is 10.0. The Morgan fingerprint density at radius 2 is 1.50 bits per heavy atom. The van der Waals surface area contributed by atoms with E-state index in [0.29, 0.717) is 0 Å². The van der Waals surface area contributed by atoms with Gasteiger partial charge >= 0.3 is 0 Å². The fourth-order valence-corrected chi connectivity index (χ4v) is 2.31. The molecule has 2 aromatic carbocycles. The van der Waals surface area contributed by atoms with Crippen LogP contribution in [0.25, 0.3) is 10.8 Å². The molecule has 0 aromatic heterocycles. The van der Waals surface area contributed by atoms with Crippen LogP contribution in [-0.2, 0) is 6.42 Å². The first-order valence-electron chi connectivity index (χ1n) is 6.81. The van der Waals surface area contributed by atoms with Crippen LogP contribution in [0.3, 0.4) is 0 Å². The SMILES string of the molecule is CCN(CC)CCc1ccc2cc(O)c(O)cc2c1.Cl. The molecule has 0 bridgehead atoms. The van der Waals surface area contributed by atoms with E-state index in [1.54, 1.807) is 12.1 Å². The molecule has 0 aliphatic heterocycles. The fourth-order valence-electron chi connectivity index (χ4n) is 2.31. The number of benzene rings is 2. The van der Waals surface area contributed by atoms with Gasteiger partial charge in [-0.3, -0.25) is 0 Å². The van der Waals surface area contributed by atoms with E-state index in [9.17, 15) is 10.2 Å². The number of likely N-dealkylation sites (N-methyl/N-ethyl adjacent to an activating group) is 1. The van der Waals surface area contributed by atoms with Crippen molar-refractivity contribution in [2.24, 2.45) is 0 Å². The molecule has 0 heterocycles. The molecule has 0 saturated heterocycles. The average molecular weight is 296 g/mol. The third-order valence-corrected chi connectivity index (χ3v) is 3.61. The molecule has 4 heteroatoms. The summed E-state index contributed by atoms with van der Waals surface area (Å²) in [6, 6.07) is 9.37. The van der Waals surface area contributed by atoms with Crippen LogP contribution in [0.5, 0.6) is 11.5 Å². The van der Waals surface area contributed by atoms with Gasteiger partial charge in [0.25, 0.3) is 0 Å². The average Bonchev–Trinajstić information content (AvgIpc) is 2.41. The summed E-state index contributed by atoms with van der Waals surface area (Å²) in [6.45, 7) is 7.52. The van der Waals surface area contributed by atoms with Crippen molar-refractivity contribution in [3.8, 4) is 11.5 Å². The van der Waals surface area contributed by atoms with Crippen molar-refractivity contribution in [2.45, 2.75) is 20.3 Å². The van der Waals surface area contributed by atoms with Crippen molar-refractivity contribution in [1.82, 2.24) is 4.90 Å². The molecule has 0 fully saturated rings. The second-order valence-corrected chi connectivity index (χ2v) is 4.80. The van der Waals surface area contributed by atoms with Crippen molar-refractivity contribution >= 4 is 23.2 Å². The topological polar surface area (TPSA) is 43.7 Å². The maximum Gasteiger partial charge on any atom is 0.158 e. The zero-order valence-corrected chi connectivity index (χ0v) is 12.8. The maximum absolute atomic E-state index is 9.54. The number of phenols is 2. The summed E-state index contributed by atoms with van der Waals surface area (Å²) in [7, 11) is 0. The van der Waals surface area contributed by atoms with Gasteiger partial charge in [0, 0.05) is 6.54 Å². The van der Waals surface area contributed by atoms with Crippen LogP contribution < -0.4 is 0 Å². The van der Waals surface area contributed by atoms with Gasteiger partial charge < -0.3 is 15.1 Å². The smallest absolute Gasteiger partial charge is 0.158 e. The van der Waals surface area contributed by atoms with Crippen molar-refractivity contribution in [3.05, 3.63) is 35.9 Å². The maximum atomic E-state index is 9.54. The lowest BCUT2D eigenvalue weighted by Crippen LogP contribution is -2.25. The highest BCUT2D eigenvalue weighted by atomic mass is 35.5. The Hall–Kier alpha value is -1.45. The highest BCUT2D eigenvalue weighted by Gasteiger charge is 2.04. The van der Waals surface area contributed by atoms with Crippen LogP contribution in [0.15, 0.2) is 30.3 Å². The van der Waals surface area contributed by atoms with E-state index < -0.39 is 0 Å². The number of phenolic OH excluding ortho intramolecular Hbond substituents is 2. The van der Waals surface area contributed by atoms with Crippen LogP contribution in [0, 0.1) is 0 Å². The van der Waals surface area contributed by atoms with Gasteiger partial charge in [-0.15, -0.1) is 12.4 Å². The highest BCUT2D eigenvalue weighted by Crippen LogP contribution is 2.30. The minimum absolute atomic E-state index is 0. The van der Waals surface area contributed by atoms with E-state index in [-0.39, 0.29) is 23.9 Å². The van der Waals surface area contributed by atoms with Gasteiger partial charge in [-0.05, 0) is 48.0 Å². The Morgan fingerprint density at radius 3 is 2.10 bits per heavy atom. The zero-order valence-electron chi connectivity index (χ0n) is 12.0. The second-order valence-electron chi connectivity index (χ2n) is 4.80. The molecular weight excluding hydrogens is 274 g/mol. The Kier molecular flexibility index (Phi) is 6.11. The fraction of sp³-hybridized carbons (Fsp3) is 0.375. The standard InChI is InChI=1S/C16H21NO2.ClH/c1-3-17(4-2)8-7-12-5-6-13-10-15(18)16(19)11-14(13)9-12;/h5-6,9-11,18-19H,3-4,7-8H2,1-2H3;1H. The molecule has 0 aliphatic rings. The third kappa shape index (κ3) is 3.78.